The highest BCUT2D eigenvalue weighted by atomic mass is 127. The molecule has 11 nitrogen and oxygen atoms in total. The number of benzene rings is 1. The minimum atomic E-state index is -1.69. The summed E-state index contributed by atoms with van der Waals surface area (Å²) in [4.78, 5) is 38.4. The van der Waals surface area contributed by atoms with Crippen LogP contribution < -0.4 is 15.5 Å². The number of nitrogens with one attached hydrogen (secondary N) is 2. The minimum absolute atomic E-state index is 0.0941. The van der Waals surface area contributed by atoms with Crippen molar-refractivity contribution in [1.29, 1.82) is 0 Å². The van der Waals surface area contributed by atoms with Gasteiger partial charge >= 0.3 is 0 Å². The van der Waals surface area contributed by atoms with Gasteiger partial charge in [-0.15, -0.1) is 0 Å². The maximum atomic E-state index is 13.2. The largest absolute Gasteiger partial charge is 0.394 e. The summed E-state index contributed by atoms with van der Waals surface area (Å²) in [6, 6.07) is -1.40. The van der Waals surface area contributed by atoms with Gasteiger partial charge in [0.15, 0.2) is 6.29 Å². The van der Waals surface area contributed by atoms with Crippen molar-refractivity contribution in [3.63, 3.8) is 0 Å². The fourth-order valence-corrected chi connectivity index (χ4v) is 7.71. The molecule has 0 spiro atoms. The van der Waals surface area contributed by atoms with Crippen molar-refractivity contribution in [2.24, 2.45) is 0 Å². The fourth-order valence-electron chi connectivity index (χ4n) is 3.06. The zero-order valence-corrected chi connectivity index (χ0v) is 23.6. The summed E-state index contributed by atoms with van der Waals surface area (Å²) >= 11 is 5.78. The predicted molar refractivity (Wildman–Crippen MR) is 139 cm³/mol. The van der Waals surface area contributed by atoms with Crippen molar-refractivity contribution < 1.29 is 39.5 Å². The molecule has 6 N–H and O–H groups in total. The molecule has 32 heavy (non-hydrogen) atoms. The number of nitrogens with zero attached hydrogens (tertiary/aromatic N) is 1. The lowest BCUT2D eigenvalue weighted by Crippen LogP contribution is -2.64. The first-order valence-electron chi connectivity index (χ1n) is 9.17. The van der Waals surface area contributed by atoms with E-state index in [4.69, 9.17) is 4.74 Å². The Hall–Kier alpha value is -0.380. The third-order valence-corrected chi connectivity index (χ3v) is 8.01. The average Bonchev–Trinajstić information content (AvgIpc) is 2.70. The van der Waals surface area contributed by atoms with E-state index in [1.807, 2.05) is 67.8 Å². The molecule has 0 aliphatic carbocycles. The van der Waals surface area contributed by atoms with Gasteiger partial charge in [0.05, 0.1) is 34.3 Å². The molecular weight excluding hydrogens is 767 g/mol. The minimum Gasteiger partial charge on any atom is -0.394 e. The van der Waals surface area contributed by atoms with E-state index in [1.54, 1.807) is 0 Å². The Morgan fingerprint density at radius 3 is 2.12 bits per heavy atom. The monoisotopic (exact) mass is 789 g/mol. The lowest BCUT2D eigenvalue weighted by atomic mass is 9.96. The third kappa shape index (κ3) is 5.63. The van der Waals surface area contributed by atoms with Gasteiger partial charge in [-0.05, 0) is 67.8 Å². The Morgan fingerprint density at radius 2 is 1.62 bits per heavy atom. The van der Waals surface area contributed by atoms with Crippen LogP contribution in [0.5, 0.6) is 0 Å². The average molecular weight is 789 g/mol. The molecule has 1 aromatic carbocycles. The normalized spacial score (nSPS) is 25.2. The molecule has 1 heterocycles. The first-order chi connectivity index (χ1) is 14.8. The number of hydrogen-bond donors (Lipinski definition) is 6. The SMILES string of the molecule is CC(=O)Nc1c(I)c(C(=O)N[C@H]2[C@H](O)[C@H](O)[C@H](CO)O[C@@H]2O)c(I)c(N(C)C(C)=O)c1I. The second kappa shape index (κ2) is 11.4. The summed E-state index contributed by atoms with van der Waals surface area (Å²) < 4.78 is 6.40. The van der Waals surface area contributed by atoms with E-state index in [0.717, 1.165) is 0 Å². The molecule has 0 bridgehead atoms. The molecule has 14 heteroatoms. The molecule has 0 unspecified atom stereocenters. The number of aliphatic hydroxyl groups excluding tert-OH is 4. The van der Waals surface area contributed by atoms with Crippen molar-refractivity contribution in [1.82, 2.24) is 5.32 Å². The van der Waals surface area contributed by atoms with Crippen molar-refractivity contribution in [2.75, 3.05) is 23.9 Å². The van der Waals surface area contributed by atoms with E-state index in [2.05, 4.69) is 10.6 Å². The highest BCUT2D eigenvalue weighted by Gasteiger charge is 2.44. The number of carbonyl (C=O) groups excluding carboxylic acids is 3. The van der Waals surface area contributed by atoms with E-state index in [9.17, 15) is 34.8 Å². The first kappa shape index (κ1) is 27.9. The summed E-state index contributed by atoms with van der Waals surface area (Å²) in [5, 5.41) is 45.0. The van der Waals surface area contributed by atoms with Crippen molar-refractivity contribution in [2.45, 2.75) is 44.5 Å². The quantitative estimate of drug-likeness (QED) is 0.227. The molecule has 0 aromatic heterocycles. The Balaban J connectivity index is 2.56. The summed E-state index contributed by atoms with van der Waals surface area (Å²) in [5.74, 6) is -1.41. The van der Waals surface area contributed by atoms with Gasteiger partial charge in [-0.2, -0.15) is 0 Å². The number of hydrogen-bond acceptors (Lipinski definition) is 8. The number of rotatable bonds is 5. The van der Waals surface area contributed by atoms with Gasteiger partial charge in [0, 0.05) is 20.9 Å². The first-order valence-corrected chi connectivity index (χ1v) is 12.4. The van der Waals surface area contributed by atoms with Crippen molar-refractivity contribution in [3.8, 4) is 0 Å². The van der Waals surface area contributed by atoms with E-state index in [0.29, 0.717) is 22.1 Å². The van der Waals surface area contributed by atoms with Crippen LogP contribution in [0.4, 0.5) is 11.4 Å². The summed E-state index contributed by atoms with van der Waals surface area (Å²) in [7, 11) is 1.53. The fraction of sp³-hybridized carbons (Fsp3) is 0.500. The molecule has 1 fully saturated rings. The van der Waals surface area contributed by atoms with Gasteiger partial charge in [-0.3, -0.25) is 14.4 Å². The number of aliphatic hydroxyl groups is 4. The number of halogens is 3. The molecular formula is C18H22I3N3O8. The molecule has 0 saturated carbocycles. The summed E-state index contributed by atoms with van der Waals surface area (Å²) in [5.41, 5.74) is 0.819. The standard InChI is InChI=1S/C18H22I3N3O8/c1-5(26)22-12-9(19)8(10(20)14(11(12)21)24(3)6(2)27)17(30)23-13-16(29)15(28)7(4-25)32-18(13)31/h7,13,15-16,18,25,28-29,31H,4H2,1-3H3,(H,22,26)(H,23,30)/t7-,13-,15+,16-,18-/m0/s1. The van der Waals surface area contributed by atoms with E-state index >= 15 is 0 Å². The van der Waals surface area contributed by atoms with Gasteiger partial charge in [-0.1, -0.05) is 0 Å². The van der Waals surface area contributed by atoms with Crippen LogP contribution in [0.3, 0.4) is 0 Å². The molecule has 1 aromatic rings. The second-order valence-electron chi connectivity index (χ2n) is 7.03. The Bertz CT molecular complexity index is 931. The number of amides is 3. The molecule has 5 atom stereocenters. The third-order valence-electron chi connectivity index (χ3n) is 4.83. The van der Waals surface area contributed by atoms with Crippen LogP contribution in [0.25, 0.3) is 0 Å². The Morgan fingerprint density at radius 1 is 1.03 bits per heavy atom. The van der Waals surface area contributed by atoms with Crippen LogP contribution in [0, 0.1) is 10.7 Å². The number of carbonyl (C=O) groups is 3. The van der Waals surface area contributed by atoms with Crippen LogP contribution in [0.2, 0.25) is 0 Å². The maximum absolute atomic E-state index is 13.2. The van der Waals surface area contributed by atoms with Gasteiger partial charge in [0.25, 0.3) is 5.91 Å². The molecule has 1 aliphatic rings. The van der Waals surface area contributed by atoms with Crippen molar-refractivity contribution in [3.05, 3.63) is 16.3 Å². The summed E-state index contributed by atoms with van der Waals surface area (Å²) in [6.07, 6.45) is -6.07. The van der Waals surface area contributed by atoms with Gasteiger partial charge in [0.1, 0.15) is 24.4 Å². The maximum Gasteiger partial charge on any atom is 0.254 e. The van der Waals surface area contributed by atoms with Crippen LogP contribution >= 0.6 is 67.8 Å². The van der Waals surface area contributed by atoms with Crippen LogP contribution in [0.1, 0.15) is 24.2 Å². The summed E-state index contributed by atoms with van der Waals surface area (Å²) in [6.45, 7) is 2.03. The van der Waals surface area contributed by atoms with Crippen LogP contribution in [-0.4, -0.2) is 82.4 Å². The highest BCUT2D eigenvalue weighted by Crippen LogP contribution is 2.40. The topological polar surface area (TPSA) is 169 Å². The Kier molecular flexibility index (Phi) is 9.89. The molecule has 1 saturated heterocycles. The van der Waals surface area contributed by atoms with E-state index < -0.39 is 43.2 Å². The van der Waals surface area contributed by atoms with Crippen molar-refractivity contribution >= 4 is 96.9 Å². The lowest BCUT2D eigenvalue weighted by molar-refractivity contribution is -0.252. The van der Waals surface area contributed by atoms with Crippen LogP contribution in [-0.2, 0) is 14.3 Å². The highest BCUT2D eigenvalue weighted by molar-refractivity contribution is 14.1. The zero-order chi connectivity index (χ0) is 24.5. The van der Waals surface area contributed by atoms with E-state index in [1.165, 1.54) is 25.8 Å². The van der Waals surface area contributed by atoms with Gasteiger partial charge in [-0.25, -0.2) is 0 Å². The molecule has 2 rings (SSSR count). The molecule has 0 radical (unpaired) electrons. The Labute approximate surface area is 224 Å². The van der Waals surface area contributed by atoms with Crippen LogP contribution in [0.15, 0.2) is 0 Å². The van der Waals surface area contributed by atoms with Gasteiger partial charge in [0.2, 0.25) is 11.8 Å². The molecule has 1 aliphatic heterocycles. The smallest absolute Gasteiger partial charge is 0.254 e. The van der Waals surface area contributed by atoms with E-state index in [-0.39, 0.29) is 17.4 Å². The van der Waals surface area contributed by atoms with Gasteiger partial charge < -0.3 is 40.7 Å². The molecule has 3 amide bonds. The molecule has 178 valence electrons. The number of anilines is 2. The predicted octanol–water partition coefficient (Wildman–Crippen LogP) is -0.0288. The zero-order valence-electron chi connectivity index (χ0n) is 17.1. The number of ether oxygens (including phenoxy) is 1. The second-order valence-corrected chi connectivity index (χ2v) is 10.3. The lowest BCUT2D eigenvalue weighted by Gasteiger charge is -2.40.